The van der Waals surface area contributed by atoms with E-state index in [2.05, 4.69) is 22.0 Å². The number of aromatic nitrogens is 5. The van der Waals surface area contributed by atoms with Crippen LogP contribution in [0.1, 0.15) is 19.8 Å². The van der Waals surface area contributed by atoms with Crippen molar-refractivity contribution in [2.24, 2.45) is 12.0 Å². The summed E-state index contributed by atoms with van der Waals surface area (Å²) in [6.07, 6.45) is 6.94. The first-order chi connectivity index (χ1) is 16.0. The minimum absolute atomic E-state index is 0.161. The Hall–Kier alpha value is -3.82. The van der Waals surface area contributed by atoms with E-state index in [-0.39, 0.29) is 11.5 Å². The number of pyridine rings is 1. The van der Waals surface area contributed by atoms with Gasteiger partial charge in [0.15, 0.2) is 28.8 Å². The lowest BCUT2D eigenvalue weighted by Gasteiger charge is -2.13. The van der Waals surface area contributed by atoms with Crippen LogP contribution in [0.3, 0.4) is 0 Å². The molecule has 0 bridgehead atoms. The van der Waals surface area contributed by atoms with Gasteiger partial charge in [-0.1, -0.05) is 13.3 Å². The molecule has 4 rings (SSSR count). The third-order valence-corrected chi connectivity index (χ3v) is 5.22. The predicted octanol–water partition coefficient (Wildman–Crippen LogP) is 4.16. The van der Waals surface area contributed by atoms with Gasteiger partial charge in [-0.15, -0.1) is 0 Å². The highest BCUT2D eigenvalue weighted by Crippen LogP contribution is 2.36. The molecular formula is C23H24F2N6O2. The predicted molar refractivity (Wildman–Crippen MR) is 119 cm³/mol. The minimum atomic E-state index is -0.909. The number of hydrogen-bond donors (Lipinski definition) is 0. The van der Waals surface area contributed by atoms with Crippen LogP contribution in [-0.2, 0) is 13.6 Å². The van der Waals surface area contributed by atoms with E-state index in [0.717, 1.165) is 24.5 Å². The summed E-state index contributed by atoms with van der Waals surface area (Å²) in [6.45, 7) is 2.60. The molecule has 0 fully saturated rings. The molecule has 33 heavy (non-hydrogen) atoms. The molecule has 0 radical (unpaired) electrons. The fourth-order valence-electron chi connectivity index (χ4n) is 3.47. The Bertz CT molecular complexity index is 1350. The van der Waals surface area contributed by atoms with Gasteiger partial charge in [-0.05, 0) is 18.6 Å². The van der Waals surface area contributed by atoms with Gasteiger partial charge >= 0.3 is 0 Å². The highest BCUT2D eigenvalue weighted by atomic mass is 19.1. The number of methoxy groups -OCH3 is 2. The van der Waals surface area contributed by atoms with Crippen molar-refractivity contribution in [1.82, 2.24) is 24.3 Å². The van der Waals surface area contributed by atoms with Gasteiger partial charge in [0.25, 0.3) is 0 Å². The van der Waals surface area contributed by atoms with E-state index in [1.807, 2.05) is 17.8 Å². The Morgan fingerprint density at radius 3 is 2.39 bits per heavy atom. The quantitative estimate of drug-likeness (QED) is 0.419. The van der Waals surface area contributed by atoms with Crippen LogP contribution in [0, 0.1) is 11.6 Å². The molecular weight excluding hydrogens is 430 g/mol. The van der Waals surface area contributed by atoms with Crippen LogP contribution in [-0.4, -0.2) is 38.5 Å². The maximum Gasteiger partial charge on any atom is 0.193 e. The Morgan fingerprint density at radius 1 is 1.06 bits per heavy atom. The lowest BCUT2D eigenvalue weighted by Crippen LogP contribution is -2.22. The summed E-state index contributed by atoms with van der Waals surface area (Å²) in [7, 11) is 4.42. The van der Waals surface area contributed by atoms with E-state index in [1.165, 1.54) is 14.2 Å². The molecule has 1 aromatic carbocycles. The summed E-state index contributed by atoms with van der Waals surface area (Å²) in [5, 5.41) is 4.19. The Morgan fingerprint density at radius 2 is 1.79 bits per heavy atom. The normalized spacial score (nSPS) is 11.9. The van der Waals surface area contributed by atoms with E-state index in [0.29, 0.717) is 28.9 Å². The van der Waals surface area contributed by atoms with Crippen LogP contribution in [0.4, 0.5) is 14.5 Å². The number of hydrogen-bond acceptors (Lipinski definition) is 6. The van der Waals surface area contributed by atoms with Crippen molar-refractivity contribution in [1.29, 1.82) is 0 Å². The number of benzene rings is 1. The molecule has 3 heterocycles. The summed E-state index contributed by atoms with van der Waals surface area (Å²) in [5.74, 6) is -2.14. The molecule has 0 amide bonds. The average molecular weight is 454 g/mol. The Kier molecular flexibility index (Phi) is 6.34. The number of halogens is 2. The van der Waals surface area contributed by atoms with Crippen molar-refractivity contribution < 1.29 is 18.3 Å². The summed E-state index contributed by atoms with van der Waals surface area (Å²) >= 11 is 0. The number of ether oxygens (including phenoxy) is 2. The summed E-state index contributed by atoms with van der Waals surface area (Å²) < 4.78 is 43.5. The van der Waals surface area contributed by atoms with E-state index in [1.54, 1.807) is 29.2 Å². The van der Waals surface area contributed by atoms with Gasteiger partial charge in [0.1, 0.15) is 16.7 Å². The molecule has 0 N–H and O–H groups in total. The summed E-state index contributed by atoms with van der Waals surface area (Å²) in [4.78, 5) is 13.6. The molecule has 0 spiro atoms. The van der Waals surface area contributed by atoms with Crippen molar-refractivity contribution in [3.8, 4) is 22.8 Å². The fourth-order valence-corrected chi connectivity index (χ4v) is 3.47. The number of fused-ring (bicyclic) bond motifs is 1. The summed E-state index contributed by atoms with van der Waals surface area (Å²) in [6, 6.07) is 4.55. The molecule has 0 aliphatic heterocycles. The van der Waals surface area contributed by atoms with Crippen LogP contribution in [0.15, 0.2) is 41.8 Å². The monoisotopic (exact) mass is 454 g/mol. The molecule has 0 aliphatic rings. The topological polar surface area (TPSA) is 79.4 Å². The third kappa shape index (κ3) is 4.28. The molecule has 0 atom stereocenters. The molecule has 3 aromatic heterocycles. The van der Waals surface area contributed by atoms with E-state index in [4.69, 9.17) is 14.5 Å². The summed E-state index contributed by atoms with van der Waals surface area (Å²) in [5.41, 5.74) is 2.49. The van der Waals surface area contributed by atoms with Gasteiger partial charge in [-0.3, -0.25) is 9.67 Å². The van der Waals surface area contributed by atoms with E-state index >= 15 is 0 Å². The van der Waals surface area contributed by atoms with Crippen LogP contribution in [0.5, 0.6) is 11.5 Å². The lowest BCUT2D eigenvalue weighted by molar-refractivity contribution is 0.359. The van der Waals surface area contributed by atoms with E-state index < -0.39 is 17.3 Å². The molecule has 172 valence electrons. The maximum atomic E-state index is 15.0. The first kappa shape index (κ1) is 22.4. The van der Waals surface area contributed by atoms with Crippen LogP contribution < -0.4 is 15.0 Å². The van der Waals surface area contributed by atoms with E-state index in [9.17, 15) is 8.78 Å². The van der Waals surface area contributed by atoms with Crippen molar-refractivity contribution in [3.63, 3.8) is 0 Å². The molecule has 8 nitrogen and oxygen atoms in total. The molecule has 0 unspecified atom stereocenters. The minimum Gasteiger partial charge on any atom is -0.493 e. The van der Waals surface area contributed by atoms with Crippen LogP contribution >= 0.6 is 0 Å². The maximum absolute atomic E-state index is 15.0. The van der Waals surface area contributed by atoms with Gasteiger partial charge in [0.05, 0.1) is 32.3 Å². The second kappa shape index (κ2) is 9.35. The zero-order valence-electron chi connectivity index (χ0n) is 18.8. The first-order valence-electron chi connectivity index (χ1n) is 10.5. The Labute approximate surface area is 189 Å². The molecule has 10 heteroatoms. The SMILES string of the molecule is CCCCn1c(=Nc2c(F)c(OC)cc(OC)c2F)ccc2ncc(-c3cnn(C)c3)nc21. The number of aryl methyl sites for hydroxylation is 2. The van der Waals surface area contributed by atoms with Crippen LogP contribution in [0.25, 0.3) is 22.4 Å². The van der Waals surface area contributed by atoms with Gasteiger partial charge in [0, 0.05) is 31.4 Å². The van der Waals surface area contributed by atoms with Crippen molar-refractivity contribution in [2.75, 3.05) is 14.2 Å². The fraction of sp³-hybridized carbons (Fsp3) is 0.304. The third-order valence-electron chi connectivity index (χ3n) is 5.22. The van der Waals surface area contributed by atoms with Gasteiger partial charge in [-0.25, -0.2) is 18.8 Å². The number of nitrogens with zero attached hydrogens (tertiary/aromatic N) is 6. The van der Waals surface area contributed by atoms with Crippen molar-refractivity contribution in [2.45, 2.75) is 26.3 Å². The van der Waals surface area contributed by atoms with Crippen molar-refractivity contribution in [3.05, 3.63) is 53.9 Å². The lowest BCUT2D eigenvalue weighted by atomic mass is 10.2. The zero-order valence-corrected chi connectivity index (χ0v) is 18.8. The Balaban J connectivity index is 1.98. The largest absolute Gasteiger partial charge is 0.493 e. The van der Waals surface area contributed by atoms with Gasteiger partial charge in [-0.2, -0.15) is 5.10 Å². The number of unbranched alkanes of at least 4 members (excludes halogenated alkanes) is 1. The smallest absolute Gasteiger partial charge is 0.193 e. The second-order valence-corrected chi connectivity index (χ2v) is 7.43. The average Bonchev–Trinajstić information content (AvgIpc) is 3.26. The molecule has 0 saturated carbocycles. The molecule has 0 aliphatic carbocycles. The van der Waals surface area contributed by atoms with Gasteiger partial charge in [0.2, 0.25) is 0 Å². The number of rotatable bonds is 7. The zero-order chi connectivity index (χ0) is 23.5. The second-order valence-electron chi connectivity index (χ2n) is 7.43. The van der Waals surface area contributed by atoms with Crippen molar-refractivity contribution >= 4 is 16.9 Å². The molecule has 4 aromatic rings. The van der Waals surface area contributed by atoms with Gasteiger partial charge < -0.3 is 14.0 Å². The molecule has 0 saturated heterocycles. The standard InChI is InChI=1S/C23H24F2N6O2/c1-5-6-9-31-19(29-22-20(24)17(32-3)10-18(33-4)21(22)25)8-7-15-23(31)28-16(12-26-15)14-11-27-30(2)13-14/h7-8,10-13H,5-6,9H2,1-4H3. The first-order valence-corrected chi connectivity index (χ1v) is 10.5. The highest BCUT2D eigenvalue weighted by Gasteiger charge is 2.20. The highest BCUT2D eigenvalue weighted by molar-refractivity contribution is 5.73. The van der Waals surface area contributed by atoms with Crippen LogP contribution in [0.2, 0.25) is 0 Å².